The van der Waals surface area contributed by atoms with Crippen LogP contribution in [0, 0.1) is 11.3 Å². The summed E-state index contributed by atoms with van der Waals surface area (Å²) in [7, 11) is 0. The van der Waals surface area contributed by atoms with Crippen LogP contribution in [0.4, 0.5) is 0 Å². The van der Waals surface area contributed by atoms with Crippen molar-refractivity contribution in [1.29, 1.82) is 5.26 Å². The number of fused-ring (bicyclic) bond motifs is 1. The molecule has 108 valence electrons. The second kappa shape index (κ2) is 5.31. The van der Waals surface area contributed by atoms with Crippen molar-refractivity contribution in [3.8, 4) is 17.2 Å². The zero-order chi connectivity index (χ0) is 15.7. The molecule has 0 aliphatic heterocycles. The highest BCUT2D eigenvalue weighted by atomic mass is 14.3. The molecule has 0 aliphatic rings. The van der Waals surface area contributed by atoms with Gasteiger partial charge in [0.25, 0.3) is 0 Å². The Hall–Kier alpha value is -2.59. The van der Waals surface area contributed by atoms with E-state index in [2.05, 4.69) is 69.3 Å². The molecule has 3 aromatic rings. The van der Waals surface area contributed by atoms with Crippen LogP contribution in [0.3, 0.4) is 0 Å². The van der Waals surface area contributed by atoms with Gasteiger partial charge >= 0.3 is 0 Å². The maximum atomic E-state index is 9.50. The summed E-state index contributed by atoms with van der Waals surface area (Å²) in [4.78, 5) is 0. The quantitative estimate of drug-likeness (QED) is 0.564. The maximum Gasteiger partial charge on any atom is 0.0998 e. The fourth-order valence-electron chi connectivity index (χ4n) is 2.79. The van der Waals surface area contributed by atoms with E-state index in [4.69, 9.17) is 0 Å². The zero-order valence-corrected chi connectivity index (χ0v) is 13.2. The summed E-state index contributed by atoms with van der Waals surface area (Å²) in [5.74, 6) is 0. The summed E-state index contributed by atoms with van der Waals surface area (Å²) < 4.78 is 0. The molecule has 0 aromatic heterocycles. The molecular weight excluding hydrogens is 266 g/mol. The summed E-state index contributed by atoms with van der Waals surface area (Å²) in [6, 6.07) is 23.1. The summed E-state index contributed by atoms with van der Waals surface area (Å²) >= 11 is 0. The lowest BCUT2D eigenvalue weighted by atomic mass is 9.83. The van der Waals surface area contributed by atoms with E-state index in [1.807, 2.05) is 18.2 Å². The smallest absolute Gasteiger partial charge is 0.0998 e. The van der Waals surface area contributed by atoms with Crippen molar-refractivity contribution >= 4 is 10.8 Å². The Bertz CT molecular complexity index is 871. The van der Waals surface area contributed by atoms with Gasteiger partial charge in [0.15, 0.2) is 0 Å². The Balaban J connectivity index is 2.32. The SMILES string of the molecule is CC(C)(C)c1ccc(C#N)c(-c2cccc3ccccc23)c1. The van der Waals surface area contributed by atoms with Crippen molar-refractivity contribution in [2.75, 3.05) is 0 Å². The van der Waals surface area contributed by atoms with E-state index in [0.717, 1.165) is 16.7 Å². The van der Waals surface area contributed by atoms with E-state index in [0.29, 0.717) is 0 Å². The average Bonchev–Trinajstić information content (AvgIpc) is 2.53. The second-order valence-corrected chi connectivity index (χ2v) is 6.65. The lowest BCUT2D eigenvalue weighted by molar-refractivity contribution is 0.590. The molecule has 0 N–H and O–H groups in total. The van der Waals surface area contributed by atoms with Crippen molar-refractivity contribution < 1.29 is 0 Å². The van der Waals surface area contributed by atoms with Gasteiger partial charge in [-0.25, -0.2) is 0 Å². The van der Waals surface area contributed by atoms with E-state index < -0.39 is 0 Å². The molecule has 1 heteroatoms. The first-order valence-corrected chi connectivity index (χ1v) is 7.53. The molecule has 0 atom stereocenters. The molecule has 0 heterocycles. The third-order valence-electron chi connectivity index (χ3n) is 4.09. The predicted molar refractivity (Wildman–Crippen MR) is 92.8 cm³/mol. The van der Waals surface area contributed by atoms with Gasteiger partial charge in [0, 0.05) is 5.56 Å². The van der Waals surface area contributed by atoms with Gasteiger partial charge in [-0.1, -0.05) is 69.3 Å². The van der Waals surface area contributed by atoms with Crippen LogP contribution in [0.15, 0.2) is 60.7 Å². The zero-order valence-electron chi connectivity index (χ0n) is 13.2. The molecule has 0 saturated heterocycles. The van der Waals surface area contributed by atoms with Crippen LogP contribution in [-0.2, 0) is 5.41 Å². The van der Waals surface area contributed by atoms with Crippen molar-refractivity contribution in [2.24, 2.45) is 0 Å². The standard InChI is InChI=1S/C21H19N/c1-21(2,3)17-12-11-16(14-22)20(13-17)19-10-6-8-15-7-4-5-9-18(15)19/h4-13H,1-3H3. The van der Waals surface area contributed by atoms with E-state index in [-0.39, 0.29) is 5.41 Å². The normalized spacial score (nSPS) is 11.4. The highest BCUT2D eigenvalue weighted by molar-refractivity contribution is 5.97. The van der Waals surface area contributed by atoms with Gasteiger partial charge in [-0.2, -0.15) is 5.26 Å². The Morgan fingerprint density at radius 1 is 0.818 bits per heavy atom. The first-order valence-electron chi connectivity index (χ1n) is 7.53. The van der Waals surface area contributed by atoms with Crippen molar-refractivity contribution in [2.45, 2.75) is 26.2 Å². The molecule has 0 radical (unpaired) electrons. The molecular formula is C21H19N. The van der Waals surface area contributed by atoms with Crippen LogP contribution in [0.25, 0.3) is 21.9 Å². The van der Waals surface area contributed by atoms with Crippen LogP contribution >= 0.6 is 0 Å². The van der Waals surface area contributed by atoms with Crippen LogP contribution in [0.2, 0.25) is 0 Å². The van der Waals surface area contributed by atoms with Gasteiger partial charge < -0.3 is 0 Å². The molecule has 0 fully saturated rings. The fraction of sp³-hybridized carbons (Fsp3) is 0.190. The van der Waals surface area contributed by atoms with E-state index in [1.54, 1.807) is 0 Å². The molecule has 3 aromatic carbocycles. The molecule has 0 unspecified atom stereocenters. The molecule has 0 amide bonds. The molecule has 0 bridgehead atoms. The minimum absolute atomic E-state index is 0.0628. The monoisotopic (exact) mass is 285 g/mol. The van der Waals surface area contributed by atoms with Crippen LogP contribution in [0.1, 0.15) is 31.9 Å². The minimum Gasteiger partial charge on any atom is -0.192 e. The third kappa shape index (κ3) is 2.49. The predicted octanol–water partition coefficient (Wildman–Crippen LogP) is 5.68. The Morgan fingerprint density at radius 3 is 2.27 bits per heavy atom. The number of hydrogen-bond acceptors (Lipinski definition) is 1. The second-order valence-electron chi connectivity index (χ2n) is 6.65. The van der Waals surface area contributed by atoms with Crippen LogP contribution < -0.4 is 0 Å². The van der Waals surface area contributed by atoms with E-state index in [1.165, 1.54) is 16.3 Å². The van der Waals surface area contributed by atoms with Crippen molar-refractivity contribution in [3.05, 3.63) is 71.8 Å². The number of hydrogen-bond donors (Lipinski definition) is 0. The first kappa shape index (κ1) is 14.4. The van der Waals surface area contributed by atoms with Gasteiger partial charge in [0.1, 0.15) is 0 Å². The molecule has 0 spiro atoms. The lowest BCUT2D eigenvalue weighted by Gasteiger charge is -2.21. The Labute approximate surface area is 131 Å². The van der Waals surface area contributed by atoms with Crippen LogP contribution in [-0.4, -0.2) is 0 Å². The van der Waals surface area contributed by atoms with Crippen LogP contribution in [0.5, 0.6) is 0 Å². The largest absolute Gasteiger partial charge is 0.192 e. The van der Waals surface area contributed by atoms with Gasteiger partial charge in [0.05, 0.1) is 11.6 Å². The Kier molecular flexibility index (Phi) is 3.47. The Morgan fingerprint density at radius 2 is 1.55 bits per heavy atom. The maximum absolute atomic E-state index is 9.50. The van der Waals surface area contributed by atoms with Gasteiger partial charge in [-0.05, 0) is 39.4 Å². The molecule has 22 heavy (non-hydrogen) atoms. The number of nitriles is 1. The third-order valence-corrected chi connectivity index (χ3v) is 4.09. The van der Waals surface area contributed by atoms with E-state index >= 15 is 0 Å². The number of benzene rings is 3. The molecule has 0 saturated carbocycles. The summed E-state index contributed by atoms with van der Waals surface area (Å²) in [6.07, 6.45) is 0. The first-order chi connectivity index (χ1) is 10.5. The van der Waals surface area contributed by atoms with Crippen molar-refractivity contribution in [3.63, 3.8) is 0 Å². The summed E-state index contributed by atoms with van der Waals surface area (Å²) in [5.41, 5.74) is 4.18. The lowest BCUT2D eigenvalue weighted by Crippen LogP contribution is -2.11. The highest BCUT2D eigenvalue weighted by Gasteiger charge is 2.17. The molecule has 3 rings (SSSR count). The van der Waals surface area contributed by atoms with Gasteiger partial charge in [-0.15, -0.1) is 0 Å². The minimum atomic E-state index is 0.0628. The topological polar surface area (TPSA) is 23.8 Å². The fourth-order valence-corrected chi connectivity index (χ4v) is 2.79. The summed E-state index contributed by atoms with van der Waals surface area (Å²) in [5, 5.41) is 11.9. The number of rotatable bonds is 1. The summed E-state index contributed by atoms with van der Waals surface area (Å²) in [6.45, 7) is 6.59. The highest BCUT2D eigenvalue weighted by Crippen LogP contribution is 2.34. The molecule has 1 nitrogen and oxygen atoms in total. The van der Waals surface area contributed by atoms with Gasteiger partial charge in [-0.3, -0.25) is 0 Å². The van der Waals surface area contributed by atoms with E-state index in [9.17, 15) is 5.26 Å². The molecule has 0 aliphatic carbocycles. The number of nitrogens with zero attached hydrogens (tertiary/aromatic N) is 1. The van der Waals surface area contributed by atoms with Gasteiger partial charge in [0.2, 0.25) is 0 Å². The van der Waals surface area contributed by atoms with Crippen molar-refractivity contribution in [1.82, 2.24) is 0 Å². The average molecular weight is 285 g/mol.